The molecule has 9 heteroatoms. The molecule has 3 aromatic carbocycles. The first kappa shape index (κ1) is 29.5. The molecular weight excluding hydrogens is 578 g/mol. The van der Waals surface area contributed by atoms with Crippen molar-refractivity contribution < 1.29 is 14.3 Å². The van der Waals surface area contributed by atoms with E-state index in [0.717, 1.165) is 36.8 Å². The zero-order valence-electron chi connectivity index (χ0n) is 21.3. The van der Waals surface area contributed by atoms with Crippen LogP contribution in [0.2, 0.25) is 20.1 Å². The van der Waals surface area contributed by atoms with Gasteiger partial charge in [0.25, 0.3) is 5.91 Å². The van der Waals surface area contributed by atoms with Gasteiger partial charge in [-0.1, -0.05) is 102 Å². The van der Waals surface area contributed by atoms with Crippen molar-refractivity contribution in [3.8, 4) is 5.75 Å². The second-order valence-corrected chi connectivity index (χ2v) is 11.3. The Labute approximate surface area is 249 Å². The monoisotopic (exact) mass is 606 g/mol. The van der Waals surface area contributed by atoms with E-state index in [1.807, 2.05) is 30.3 Å². The summed E-state index contributed by atoms with van der Waals surface area (Å²) in [6.45, 7) is -0.173. The number of rotatable bonds is 10. The molecule has 0 radical (unpaired) electrons. The van der Waals surface area contributed by atoms with Gasteiger partial charge < -0.3 is 15.0 Å². The summed E-state index contributed by atoms with van der Waals surface area (Å²) in [6.07, 6.45) is 5.54. The van der Waals surface area contributed by atoms with E-state index in [1.54, 1.807) is 41.3 Å². The topological polar surface area (TPSA) is 58.6 Å². The lowest BCUT2D eigenvalue weighted by molar-refractivity contribution is -0.143. The van der Waals surface area contributed by atoms with Gasteiger partial charge in [0.15, 0.2) is 6.61 Å². The third-order valence-corrected chi connectivity index (χ3v) is 8.07. The second kappa shape index (κ2) is 14.3. The van der Waals surface area contributed by atoms with Crippen LogP contribution in [-0.4, -0.2) is 35.4 Å². The Balaban J connectivity index is 1.63. The van der Waals surface area contributed by atoms with Crippen LogP contribution in [0.25, 0.3) is 0 Å². The Morgan fingerprint density at radius 2 is 1.59 bits per heavy atom. The van der Waals surface area contributed by atoms with Gasteiger partial charge in [-0.2, -0.15) is 0 Å². The van der Waals surface area contributed by atoms with Crippen molar-refractivity contribution in [2.75, 3.05) is 6.61 Å². The lowest BCUT2D eigenvalue weighted by Gasteiger charge is -2.33. The van der Waals surface area contributed by atoms with Crippen molar-refractivity contribution in [1.82, 2.24) is 10.2 Å². The number of amides is 2. The van der Waals surface area contributed by atoms with E-state index in [9.17, 15) is 9.59 Å². The van der Waals surface area contributed by atoms with Crippen LogP contribution in [0, 0.1) is 0 Å². The summed E-state index contributed by atoms with van der Waals surface area (Å²) in [5, 5.41) is 4.75. The van der Waals surface area contributed by atoms with Gasteiger partial charge in [-0.15, -0.1) is 0 Å². The van der Waals surface area contributed by atoms with Crippen molar-refractivity contribution in [3.63, 3.8) is 0 Å². The number of ether oxygens (including phenoxy) is 1. The maximum Gasteiger partial charge on any atom is 0.261 e. The standard InChI is InChI=1S/C30H30Cl4N2O3/c31-22-12-14-28(26(34)17-22)39-19-29(37)36(18-21-11-13-24(32)25(33)15-21)27(16-20-7-3-1-4-8-20)30(38)35-23-9-5-2-6-10-23/h1,3-4,7-8,11-15,17,23,27H,2,5-6,9-10,16,18-19H2,(H,35,38)/t27-/m1/s1. The highest BCUT2D eigenvalue weighted by molar-refractivity contribution is 6.42. The molecule has 1 saturated carbocycles. The molecule has 4 rings (SSSR count). The molecule has 5 nitrogen and oxygen atoms in total. The molecule has 206 valence electrons. The number of nitrogens with one attached hydrogen (secondary N) is 1. The molecule has 1 aliphatic rings. The van der Waals surface area contributed by atoms with Gasteiger partial charge in [0.2, 0.25) is 5.91 Å². The maximum absolute atomic E-state index is 13.8. The molecule has 2 amide bonds. The van der Waals surface area contributed by atoms with Gasteiger partial charge in [-0.25, -0.2) is 0 Å². The van der Waals surface area contributed by atoms with Gasteiger partial charge in [-0.3, -0.25) is 9.59 Å². The highest BCUT2D eigenvalue weighted by Gasteiger charge is 2.32. The van der Waals surface area contributed by atoms with Crippen LogP contribution in [0.5, 0.6) is 5.75 Å². The van der Waals surface area contributed by atoms with Gasteiger partial charge in [0.1, 0.15) is 11.8 Å². The highest BCUT2D eigenvalue weighted by atomic mass is 35.5. The zero-order valence-corrected chi connectivity index (χ0v) is 24.4. The van der Waals surface area contributed by atoms with Crippen LogP contribution in [0.3, 0.4) is 0 Å². The number of benzene rings is 3. The van der Waals surface area contributed by atoms with Crippen molar-refractivity contribution in [2.45, 2.75) is 57.2 Å². The summed E-state index contributed by atoms with van der Waals surface area (Å²) in [6, 6.07) is 19.0. The predicted molar refractivity (Wildman–Crippen MR) is 158 cm³/mol. The molecule has 0 spiro atoms. The normalized spacial score (nSPS) is 14.5. The van der Waals surface area contributed by atoms with E-state index < -0.39 is 6.04 Å². The molecule has 0 unspecified atom stereocenters. The Hall–Kier alpha value is -2.44. The quantitative estimate of drug-likeness (QED) is 0.256. The van der Waals surface area contributed by atoms with Gasteiger partial charge in [0.05, 0.1) is 15.1 Å². The summed E-state index contributed by atoms with van der Waals surface area (Å²) < 4.78 is 5.78. The minimum atomic E-state index is -0.777. The minimum Gasteiger partial charge on any atom is -0.482 e. The minimum absolute atomic E-state index is 0.0931. The van der Waals surface area contributed by atoms with E-state index in [-0.39, 0.29) is 31.0 Å². The fraction of sp³-hybridized carbons (Fsp3) is 0.333. The molecule has 1 N–H and O–H groups in total. The average molecular weight is 608 g/mol. The third-order valence-electron chi connectivity index (χ3n) is 6.80. The Morgan fingerprint density at radius 1 is 0.846 bits per heavy atom. The van der Waals surface area contributed by atoms with Crippen molar-refractivity contribution in [1.29, 1.82) is 0 Å². The molecule has 0 heterocycles. The number of hydrogen-bond donors (Lipinski definition) is 1. The first-order chi connectivity index (χ1) is 18.8. The smallest absolute Gasteiger partial charge is 0.261 e. The van der Waals surface area contributed by atoms with Crippen LogP contribution in [0.15, 0.2) is 66.7 Å². The summed E-state index contributed by atoms with van der Waals surface area (Å²) in [5.74, 6) is -0.231. The summed E-state index contributed by atoms with van der Waals surface area (Å²) >= 11 is 24.7. The fourth-order valence-corrected chi connectivity index (χ4v) is 5.53. The first-order valence-corrected chi connectivity index (χ1v) is 14.5. The van der Waals surface area contributed by atoms with E-state index in [4.69, 9.17) is 51.1 Å². The molecule has 1 fully saturated rings. The number of halogens is 4. The summed E-state index contributed by atoms with van der Waals surface area (Å²) in [4.78, 5) is 29.1. The van der Waals surface area contributed by atoms with Crippen LogP contribution >= 0.6 is 46.4 Å². The largest absolute Gasteiger partial charge is 0.482 e. The lowest BCUT2D eigenvalue weighted by atomic mass is 9.94. The number of carbonyl (C=O) groups is 2. The molecule has 0 bridgehead atoms. The highest BCUT2D eigenvalue weighted by Crippen LogP contribution is 2.28. The van der Waals surface area contributed by atoms with Gasteiger partial charge >= 0.3 is 0 Å². The Morgan fingerprint density at radius 3 is 2.28 bits per heavy atom. The van der Waals surface area contributed by atoms with Crippen molar-refractivity contribution in [3.05, 3.63) is 97.9 Å². The van der Waals surface area contributed by atoms with Crippen molar-refractivity contribution >= 4 is 58.2 Å². The van der Waals surface area contributed by atoms with E-state index >= 15 is 0 Å². The van der Waals surface area contributed by atoms with Crippen LogP contribution in [0.4, 0.5) is 0 Å². The molecule has 39 heavy (non-hydrogen) atoms. The Bertz CT molecular complexity index is 1280. The predicted octanol–water partition coefficient (Wildman–Crippen LogP) is 7.77. The number of carbonyl (C=O) groups excluding carboxylic acids is 2. The van der Waals surface area contributed by atoms with E-state index in [1.165, 1.54) is 6.42 Å². The fourth-order valence-electron chi connectivity index (χ4n) is 4.75. The van der Waals surface area contributed by atoms with Crippen LogP contribution in [-0.2, 0) is 22.6 Å². The molecule has 3 aromatic rings. The summed E-state index contributed by atoms with van der Waals surface area (Å²) in [5.41, 5.74) is 1.68. The van der Waals surface area contributed by atoms with E-state index in [2.05, 4.69) is 5.32 Å². The van der Waals surface area contributed by atoms with Gasteiger partial charge in [0, 0.05) is 24.0 Å². The van der Waals surface area contributed by atoms with E-state index in [0.29, 0.717) is 32.3 Å². The average Bonchev–Trinajstić information content (AvgIpc) is 2.93. The Kier molecular flexibility index (Phi) is 10.8. The molecule has 1 atom stereocenters. The number of nitrogens with zero attached hydrogens (tertiary/aromatic N) is 1. The lowest BCUT2D eigenvalue weighted by Crippen LogP contribution is -2.53. The molecule has 0 saturated heterocycles. The first-order valence-electron chi connectivity index (χ1n) is 13.0. The van der Waals surface area contributed by atoms with Crippen LogP contribution < -0.4 is 10.1 Å². The molecular formula is C30H30Cl4N2O3. The molecule has 0 aromatic heterocycles. The molecule has 1 aliphatic carbocycles. The number of hydrogen-bond acceptors (Lipinski definition) is 3. The van der Waals surface area contributed by atoms with Crippen LogP contribution in [0.1, 0.15) is 43.2 Å². The van der Waals surface area contributed by atoms with Crippen molar-refractivity contribution in [2.24, 2.45) is 0 Å². The molecule has 0 aliphatic heterocycles. The maximum atomic E-state index is 13.8. The summed E-state index contributed by atoms with van der Waals surface area (Å²) in [7, 11) is 0. The third kappa shape index (κ3) is 8.52. The SMILES string of the molecule is O=C(NC1CCCCC1)[C@@H](Cc1ccccc1)N(Cc1ccc(Cl)c(Cl)c1)C(=O)COc1ccc(Cl)cc1Cl. The van der Waals surface area contributed by atoms with Gasteiger partial charge in [-0.05, 0) is 54.3 Å². The second-order valence-electron chi connectivity index (χ2n) is 9.68. The zero-order chi connectivity index (χ0) is 27.8.